The van der Waals surface area contributed by atoms with Crippen molar-refractivity contribution in [1.82, 2.24) is 14.9 Å². The van der Waals surface area contributed by atoms with Crippen LogP contribution in [0, 0.1) is 0 Å². The van der Waals surface area contributed by atoms with Crippen molar-refractivity contribution in [2.45, 2.75) is 25.4 Å². The van der Waals surface area contributed by atoms with Gasteiger partial charge in [0.25, 0.3) is 0 Å². The first-order valence-electron chi connectivity index (χ1n) is 11.6. The van der Waals surface area contributed by atoms with E-state index in [2.05, 4.69) is 119 Å². The quantitative estimate of drug-likeness (QED) is 0.369. The highest BCUT2D eigenvalue weighted by Crippen LogP contribution is 2.42. The highest BCUT2D eigenvalue weighted by Gasteiger charge is 2.42. The second-order valence-electron chi connectivity index (χ2n) is 8.73. The van der Waals surface area contributed by atoms with Crippen molar-refractivity contribution in [2.24, 2.45) is 0 Å². The minimum Gasteiger partial charge on any atom is -0.378 e. The van der Waals surface area contributed by atoms with Crippen LogP contribution in [-0.2, 0) is 6.42 Å². The van der Waals surface area contributed by atoms with Crippen LogP contribution >= 0.6 is 12.2 Å². The van der Waals surface area contributed by atoms with E-state index in [1.807, 2.05) is 18.3 Å². The number of rotatable bonds is 6. The molecule has 172 valence electrons. The molecule has 0 aliphatic carbocycles. The Bertz CT molecular complexity index is 1260. The van der Waals surface area contributed by atoms with Gasteiger partial charge in [0, 0.05) is 49.2 Å². The van der Waals surface area contributed by atoms with E-state index in [0.717, 1.165) is 29.2 Å². The molecule has 0 amide bonds. The van der Waals surface area contributed by atoms with Crippen molar-refractivity contribution < 1.29 is 0 Å². The number of benzene rings is 2. The first-order valence-corrected chi connectivity index (χ1v) is 12.0. The number of anilines is 2. The number of thiocarbonyl (C=S) groups is 1. The highest BCUT2D eigenvalue weighted by molar-refractivity contribution is 7.80. The Morgan fingerprint density at radius 2 is 1.65 bits per heavy atom. The summed E-state index contributed by atoms with van der Waals surface area (Å²) in [5, 5.41) is 4.27. The molecule has 34 heavy (non-hydrogen) atoms. The van der Waals surface area contributed by atoms with Gasteiger partial charge >= 0.3 is 0 Å². The molecule has 5 nitrogen and oxygen atoms in total. The second-order valence-corrected chi connectivity index (χ2v) is 9.12. The van der Waals surface area contributed by atoms with Crippen LogP contribution in [0.5, 0.6) is 0 Å². The maximum absolute atomic E-state index is 5.89. The summed E-state index contributed by atoms with van der Waals surface area (Å²) >= 11 is 5.89. The zero-order chi connectivity index (χ0) is 23.7. The number of aryl methyl sites for hydroxylation is 1. The van der Waals surface area contributed by atoms with Crippen LogP contribution < -0.4 is 15.1 Å². The fourth-order valence-corrected chi connectivity index (χ4v) is 4.95. The highest BCUT2D eigenvalue weighted by atomic mass is 32.1. The minimum atomic E-state index is -0.0748. The van der Waals surface area contributed by atoms with Gasteiger partial charge in [0.05, 0.1) is 11.7 Å². The number of pyridine rings is 1. The molecule has 0 unspecified atom stereocenters. The summed E-state index contributed by atoms with van der Waals surface area (Å²) in [5.41, 5.74) is 6.80. The van der Waals surface area contributed by atoms with Gasteiger partial charge in [-0.3, -0.25) is 4.98 Å². The Hall–Kier alpha value is -3.64. The lowest BCUT2D eigenvalue weighted by Gasteiger charge is -2.29. The SMILES string of the molecule is CCc1ccc(N2C(=S)N[C@H](c3ccccn3)[C@H]2c2cccn2-c2ccc(N(C)C)cc2)cc1. The first kappa shape index (κ1) is 22.2. The number of hydrogen-bond donors (Lipinski definition) is 1. The van der Waals surface area contributed by atoms with Crippen molar-refractivity contribution in [1.29, 1.82) is 0 Å². The maximum atomic E-state index is 5.89. The zero-order valence-corrected chi connectivity index (χ0v) is 20.5. The van der Waals surface area contributed by atoms with Crippen LogP contribution in [0.3, 0.4) is 0 Å². The lowest BCUT2D eigenvalue weighted by Crippen LogP contribution is -2.30. The van der Waals surface area contributed by atoms with Crippen LogP contribution in [-0.4, -0.2) is 28.8 Å². The van der Waals surface area contributed by atoms with Crippen LogP contribution in [0.1, 0.15) is 36.0 Å². The second kappa shape index (κ2) is 9.31. The van der Waals surface area contributed by atoms with Crippen LogP contribution in [0.2, 0.25) is 0 Å². The van der Waals surface area contributed by atoms with Gasteiger partial charge in [-0.15, -0.1) is 0 Å². The molecule has 1 fully saturated rings. The van der Waals surface area contributed by atoms with Crippen molar-refractivity contribution in [2.75, 3.05) is 23.9 Å². The molecule has 2 atom stereocenters. The summed E-state index contributed by atoms with van der Waals surface area (Å²) in [7, 11) is 4.11. The molecule has 6 heteroatoms. The third-order valence-electron chi connectivity index (χ3n) is 6.45. The molecule has 0 spiro atoms. The van der Waals surface area contributed by atoms with Crippen molar-refractivity contribution >= 4 is 28.7 Å². The number of hydrogen-bond acceptors (Lipinski definition) is 3. The Balaban J connectivity index is 1.61. The molecule has 0 radical (unpaired) electrons. The number of nitrogens with one attached hydrogen (secondary N) is 1. The fraction of sp³-hybridized carbons (Fsp3) is 0.214. The van der Waals surface area contributed by atoms with Gasteiger partial charge in [-0.25, -0.2) is 0 Å². The summed E-state index contributed by atoms with van der Waals surface area (Å²) < 4.78 is 2.25. The van der Waals surface area contributed by atoms with Gasteiger partial charge in [0.2, 0.25) is 0 Å². The molecular weight excluding hydrogens is 438 g/mol. The summed E-state index contributed by atoms with van der Waals surface area (Å²) in [6, 6.07) is 27.5. The largest absolute Gasteiger partial charge is 0.378 e. The predicted octanol–water partition coefficient (Wildman–Crippen LogP) is 5.68. The lowest BCUT2D eigenvalue weighted by atomic mass is 10.0. The molecule has 0 bridgehead atoms. The molecule has 1 N–H and O–H groups in total. The van der Waals surface area contributed by atoms with Gasteiger partial charge < -0.3 is 19.7 Å². The van der Waals surface area contributed by atoms with Crippen molar-refractivity contribution in [3.8, 4) is 5.69 Å². The summed E-state index contributed by atoms with van der Waals surface area (Å²) in [6.45, 7) is 2.17. The normalized spacial score (nSPS) is 17.6. The van der Waals surface area contributed by atoms with Crippen LogP contribution in [0.25, 0.3) is 5.69 Å². The molecule has 3 heterocycles. The summed E-state index contributed by atoms with van der Waals surface area (Å²) in [4.78, 5) is 9.02. The van der Waals surface area contributed by atoms with E-state index < -0.39 is 0 Å². The summed E-state index contributed by atoms with van der Waals surface area (Å²) in [6.07, 6.45) is 4.97. The Kier molecular flexibility index (Phi) is 6.07. The molecule has 1 aliphatic rings. The fourth-order valence-electron chi connectivity index (χ4n) is 4.61. The molecule has 0 saturated carbocycles. The standard InChI is InChI=1S/C28H29N5S/c1-4-20-10-12-23(13-11-20)33-27(26(30-28(33)34)24-8-5-6-18-29-24)25-9-7-19-32(25)22-16-14-21(15-17-22)31(2)3/h5-19,26-27H,4H2,1-3H3,(H,30,34)/t26-,27-/m1/s1. The average Bonchev–Trinajstić information content (AvgIpc) is 3.49. The maximum Gasteiger partial charge on any atom is 0.174 e. The number of nitrogens with zero attached hydrogens (tertiary/aromatic N) is 4. The molecule has 1 saturated heterocycles. The van der Waals surface area contributed by atoms with Gasteiger partial charge in [-0.05, 0) is 84.9 Å². The monoisotopic (exact) mass is 467 g/mol. The van der Waals surface area contributed by atoms with Crippen molar-refractivity contribution in [3.63, 3.8) is 0 Å². The van der Waals surface area contributed by atoms with Gasteiger partial charge in [-0.1, -0.05) is 25.1 Å². The summed E-state index contributed by atoms with van der Waals surface area (Å²) in [5.74, 6) is 0. The van der Waals surface area contributed by atoms with Crippen molar-refractivity contribution in [3.05, 3.63) is 108 Å². The third-order valence-corrected chi connectivity index (χ3v) is 6.76. The molecule has 1 aliphatic heterocycles. The molecule has 4 aromatic rings. The molecule has 2 aromatic carbocycles. The van der Waals surface area contributed by atoms with Gasteiger partial charge in [-0.2, -0.15) is 0 Å². The van der Waals surface area contributed by atoms with E-state index in [4.69, 9.17) is 12.2 Å². The smallest absolute Gasteiger partial charge is 0.174 e. The number of aromatic nitrogens is 2. The van der Waals surface area contributed by atoms with E-state index >= 15 is 0 Å². The molecule has 5 rings (SSSR count). The van der Waals surface area contributed by atoms with E-state index in [0.29, 0.717) is 5.11 Å². The Labute approximate surface area is 206 Å². The first-order chi connectivity index (χ1) is 16.6. The average molecular weight is 468 g/mol. The van der Waals surface area contributed by atoms with E-state index in [-0.39, 0.29) is 12.1 Å². The molecule has 2 aromatic heterocycles. The van der Waals surface area contributed by atoms with E-state index in [1.165, 1.54) is 11.3 Å². The topological polar surface area (TPSA) is 36.3 Å². The van der Waals surface area contributed by atoms with Crippen LogP contribution in [0.4, 0.5) is 11.4 Å². The predicted molar refractivity (Wildman–Crippen MR) is 144 cm³/mol. The third kappa shape index (κ3) is 4.05. The lowest BCUT2D eigenvalue weighted by molar-refractivity contribution is 0.549. The molecular formula is C28H29N5S. The zero-order valence-electron chi connectivity index (χ0n) is 19.7. The minimum absolute atomic E-state index is 0.0570. The van der Waals surface area contributed by atoms with Crippen LogP contribution in [0.15, 0.2) is 91.3 Å². The van der Waals surface area contributed by atoms with Gasteiger partial charge in [0.15, 0.2) is 5.11 Å². The Morgan fingerprint density at radius 1 is 0.912 bits per heavy atom. The van der Waals surface area contributed by atoms with E-state index in [9.17, 15) is 0 Å². The Morgan fingerprint density at radius 3 is 2.29 bits per heavy atom. The van der Waals surface area contributed by atoms with E-state index in [1.54, 1.807) is 0 Å². The van der Waals surface area contributed by atoms with Gasteiger partial charge in [0.1, 0.15) is 6.04 Å².